The van der Waals surface area contributed by atoms with E-state index in [1.165, 1.54) is 0 Å². The van der Waals surface area contributed by atoms with E-state index in [4.69, 9.17) is 11.6 Å². The van der Waals surface area contributed by atoms with Gasteiger partial charge in [-0.2, -0.15) is 0 Å². The van der Waals surface area contributed by atoms with Crippen LogP contribution in [0.25, 0.3) is 0 Å². The molecule has 0 bridgehead atoms. The second-order valence-electron chi connectivity index (χ2n) is 4.27. The Kier molecular flexibility index (Phi) is 2.24. The van der Waals surface area contributed by atoms with Crippen molar-refractivity contribution in [1.82, 2.24) is 5.06 Å². The minimum atomic E-state index is -0.675. The molecule has 0 unspecified atom stereocenters. The Balaban J connectivity index is 3.21. The van der Waals surface area contributed by atoms with E-state index in [1.54, 1.807) is 27.7 Å². The van der Waals surface area contributed by atoms with E-state index < -0.39 is 11.1 Å². The number of hydrogen-bond acceptors (Lipinski definition) is 3. The fourth-order valence-electron chi connectivity index (χ4n) is 1.35. The SMILES string of the molecule is CC1(C)N(O)C(CCl)=[N+]([O-])C1(C)C. The Morgan fingerprint density at radius 1 is 1.46 bits per heavy atom. The molecular formula is C8H15ClN2O2. The maximum atomic E-state index is 11.7. The van der Waals surface area contributed by atoms with E-state index in [9.17, 15) is 10.4 Å². The van der Waals surface area contributed by atoms with E-state index in [1.807, 2.05) is 0 Å². The molecule has 1 heterocycles. The zero-order chi connectivity index (χ0) is 10.4. The smallest absolute Gasteiger partial charge is 0.296 e. The normalized spacial score (nSPS) is 25.5. The zero-order valence-corrected chi connectivity index (χ0v) is 9.09. The zero-order valence-electron chi connectivity index (χ0n) is 8.33. The van der Waals surface area contributed by atoms with Crippen LogP contribution in [-0.4, -0.2) is 37.8 Å². The van der Waals surface area contributed by atoms with Gasteiger partial charge in [-0.25, -0.2) is 5.21 Å². The fourth-order valence-corrected chi connectivity index (χ4v) is 1.57. The molecule has 1 aliphatic rings. The Bertz CT molecular complexity index is 261. The highest BCUT2D eigenvalue weighted by atomic mass is 35.5. The first-order chi connectivity index (χ1) is 5.76. The van der Waals surface area contributed by atoms with Crippen LogP contribution in [0.1, 0.15) is 27.7 Å². The lowest BCUT2D eigenvalue weighted by molar-refractivity contribution is -0.540. The highest BCUT2D eigenvalue weighted by Crippen LogP contribution is 2.35. The van der Waals surface area contributed by atoms with Crippen molar-refractivity contribution in [2.24, 2.45) is 0 Å². The number of amidine groups is 1. The summed E-state index contributed by atoms with van der Waals surface area (Å²) in [5, 5.41) is 22.3. The number of halogens is 1. The summed E-state index contributed by atoms with van der Waals surface area (Å²) in [5.74, 6) is 0.226. The van der Waals surface area contributed by atoms with Crippen molar-refractivity contribution in [2.75, 3.05) is 5.88 Å². The van der Waals surface area contributed by atoms with Gasteiger partial charge in [-0.1, -0.05) is 0 Å². The largest absolute Gasteiger partial charge is 0.715 e. The molecule has 1 aliphatic heterocycles. The highest BCUT2D eigenvalue weighted by Gasteiger charge is 2.58. The Morgan fingerprint density at radius 2 is 1.92 bits per heavy atom. The molecule has 0 aromatic heterocycles. The van der Waals surface area contributed by atoms with Gasteiger partial charge >= 0.3 is 0 Å². The number of hydrogen-bond donors (Lipinski definition) is 1. The Morgan fingerprint density at radius 3 is 2.08 bits per heavy atom. The third-order valence-corrected chi connectivity index (χ3v) is 3.37. The molecule has 0 atom stereocenters. The van der Waals surface area contributed by atoms with Crippen LogP contribution >= 0.6 is 11.6 Å². The van der Waals surface area contributed by atoms with Crippen LogP contribution in [0.5, 0.6) is 0 Å². The van der Waals surface area contributed by atoms with Crippen molar-refractivity contribution in [1.29, 1.82) is 0 Å². The number of alkyl halides is 1. The van der Waals surface area contributed by atoms with Crippen LogP contribution in [-0.2, 0) is 0 Å². The minimum Gasteiger partial charge on any atom is -0.715 e. The molecule has 0 radical (unpaired) electrons. The van der Waals surface area contributed by atoms with Crippen LogP contribution in [0, 0.1) is 5.21 Å². The van der Waals surface area contributed by atoms with Crippen molar-refractivity contribution in [3.8, 4) is 0 Å². The van der Waals surface area contributed by atoms with Crippen LogP contribution in [0.3, 0.4) is 0 Å². The standard InChI is InChI=1S/C8H15ClN2O2/c1-7(2)8(3,4)11(13)6(5-9)10(7)12/h12H,5H2,1-4H3. The van der Waals surface area contributed by atoms with Crippen LogP contribution < -0.4 is 0 Å². The summed E-state index contributed by atoms with van der Waals surface area (Å²) in [6.07, 6.45) is 0. The molecule has 0 aromatic rings. The summed E-state index contributed by atoms with van der Waals surface area (Å²) in [6.45, 7) is 7.17. The average molecular weight is 207 g/mol. The Labute approximate surface area is 83.0 Å². The average Bonchev–Trinajstić information content (AvgIpc) is 2.13. The molecule has 0 aliphatic carbocycles. The van der Waals surface area contributed by atoms with Gasteiger partial charge in [0, 0.05) is 0 Å². The second-order valence-corrected chi connectivity index (χ2v) is 4.54. The van der Waals surface area contributed by atoms with Gasteiger partial charge in [0.1, 0.15) is 11.4 Å². The molecule has 0 aromatic carbocycles. The lowest BCUT2D eigenvalue weighted by Gasteiger charge is -2.33. The molecule has 0 fully saturated rings. The summed E-state index contributed by atoms with van der Waals surface area (Å²) in [5.41, 5.74) is -1.30. The molecular weight excluding hydrogens is 192 g/mol. The quantitative estimate of drug-likeness (QED) is 0.401. The molecule has 0 spiro atoms. The molecule has 1 N–H and O–H groups in total. The summed E-state index contributed by atoms with van der Waals surface area (Å²) in [6, 6.07) is 0. The monoisotopic (exact) mass is 206 g/mol. The number of rotatable bonds is 1. The third-order valence-electron chi connectivity index (χ3n) is 3.13. The van der Waals surface area contributed by atoms with E-state index in [-0.39, 0.29) is 11.7 Å². The fraction of sp³-hybridized carbons (Fsp3) is 0.875. The van der Waals surface area contributed by atoms with Crippen molar-refractivity contribution in [2.45, 2.75) is 38.8 Å². The molecule has 1 rings (SSSR count). The van der Waals surface area contributed by atoms with Gasteiger partial charge in [0.05, 0.1) is 0 Å². The van der Waals surface area contributed by atoms with Crippen molar-refractivity contribution < 1.29 is 9.95 Å². The van der Waals surface area contributed by atoms with Gasteiger partial charge in [-0.3, -0.25) is 4.74 Å². The van der Waals surface area contributed by atoms with Gasteiger partial charge in [-0.15, -0.1) is 16.7 Å². The van der Waals surface area contributed by atoms with Gasteiger partial charge < -0.3 is 5.21 Å². The lowest BCUT2D eigenvalue weighted by atomic mass is 9.84. The maximum Gasteiger partial charge on any atom is 0.296 e. The van der Waals surface area contributed by atoms with Gasteiger partial charge in [-0.05, 0) is 27.7 Å². The molecule has 0 saturated carbocycles. The van der Waals surface area contributed by atoms with Crippen LogP contribution in [0.15, 0.2) is 0 Å². The van der Waals surface area contributed by atoms with Crippen LogP contribution in [0.2, 0.25) is 0 Å². The number of nitrogens with zero attached hydrogens (tertiary/aromatic N) is 2. The molecule has 0 saturated heterocycles. The van der Waals surface area contributed by atoms with E-state index in [0.717, 1.165) is 9.80 Å². The molecule has 4 nitrogen and oxygen atoms in total. The van der Waals surface area contributed by atoms with Crippen molar-refractivity contribution in [3.05, 3.63) is 5.21 Å². The predicted molar refractivity (Wildman–Crippen MR) is 51.1 cm³/mol. The summed E-state index contributed by atoms with van der Waals surface area (Å²) >= 11 is 5.57. The second kappa shape index (κ2) is 2.75. The maximum absolute atomic E-state index is 11.7. The Hall–Kier alpha value is -0.480. The third kappa shape index (κ3) is 1.12. The molecule has 76 valence electrons. The lowest BCUT2D eigenvalue weighted by Crippen LogP contribution is -2.53. The van der Waals surface area contributed by atoms with Crippen molar-refractivity contribution in [3.63, 3.8) is 0 Å². The number of hydroxylamine groups is 3. The first-order valence-electron chi connectivity index (χ1n) is 4.15. The van der Waals surface area contributed by atoms with E-state index in [0.29, 0.717) is 0 Å². The molecule has 13 heavy (non-hydrogen) atoms. The van der Waals surface area contributed by atoms with E-state index in [2.05, 4.69) is 0 Å². The summed E-state index contributed by atoms with van der Waals surface area (Å²) < 4.78 is 0.778. The minimum absolute atomic E-state index is 0.0207. The summed E-state index contributed by atoms with van der Waals surface area (Å²) in [4.78, 5) is 0. The highest BCUT2D eigenvalue weighted by molar-refractivity contribution is 6.27. The van der Waals surface area contributed by atoms with Gasteiger partial charge in [0.25, 0.3) is 5.84 Å². The summed E-state index contributed by atoms with van der Waals surface area (Å²) in [7, 11) is 0. The predicted octanol–water partition coefficient (Wildman–Crippen LogP) is 1.40. The van der Waals surface area contributed by atoms with Crippen molar-refractivity contribution >= 4 is 17.4 Å². The first-order valence-corrected chi connectivity index (χ1v) is 4.68. The molecule has 5 heteroatoms. The topological polar surface area (TPSA) is 49.5 Å². The molecule has 0 amide bonds. The van der Waals surface area contributed by atoms with Gasteiger partial charge in [0.15, 0.2) is 5.54 Å². The van der Waals surface area contributed by atoms with Gasteiger partial charge in [0.2, 0.25) is 0 Å². The van der Waals surface area contributed by atoms with Crippen LogP contribution in [0.4, 0.5) is 0 Å². The first kappa shape index (κ1) is 10.6. The van der Waals surface area contributed by atoms with E-state index >= 15 is 0 Å².